The fourth-order valence-electron chi connectivity index (χ4n) is 2.36. The molecular weight excluding hydrogens is 212 g/mol. The lowest BCUT2D eigenvalue weighted by Gasteiger charge is -2.11. The maximum atomic E-state index is 10.4. The van der Waals surface area contributed by atoms with Crippen LogP contribution in [0.2, 0.25) is 0 Å². The summed E-state index contributed by atoms with van der Waals surface area (Å²) in [5.74, 6) is -0.687. The average Bonchev–Trinajstić information content (AvgIpc) is 2.20. The standard InChI is InChI=1S/C15H22O2/c1-11-9-12(2)14(13(3)10-11)7-5-4-6-8-15(16)17/h9-10H,4-8H2,1-3H3,(H,16,17). The molecule has 0 aromatic heterocycles. The zero-order chi connectivity index (χ0) is 12.8. The number of aliphatic carboxylic acids is 1. The zero-order valence-electron chi connectivity index (χ0n) is 11.0. The van der Waals surface area contributed by atoms with Gasteiger partial charge in [0.15, 0.2) is 0 Å². The first kappa shape index (κ1) is 13.8. The van der Waals surface area contributed by atoms with E-state index in [1.54, 1.807) is 0 Å². The molecule has 0 aliphatic heterocycles. The highest BCUT2D eigenvalue weighted by Gasteiger charge is 2.04. The number of hydrogen-bond donors (Lipinski definition) is 1. The van der Waals surface area contributed by atoms with Crippen molar-refractivity contribution in [2.75, 3.05) is 0 Å². The van der Waals surface area contributed by atoms with Crippen molar-refractivity contribution in [1.82, 2.24) is 0 Å². The summed E-state index contributed by atoms with van der Waals surface area (Å²) in [5, 5.41) is 8.55. The van der Waals surface area contributed by atoms with Crippen LogP contribution >= 0.6 is 0 Å². The molecule has 0 amide bonds. The summed E-state index contributed by atoms with van der Waals surface area (Å²) in [5.41, 5.74) is 5.47. The highest BCUT2D eigenvalue weighted by Crippen LogP contribution is 2.19. The second kappa shape index (κ2) is 6.43. The topological polar surface area (TPSA) is 37.3 Å². The molecule has 17 heavy (non-hydrogen) atoms. The first-order valence-electron chi connectivity index (χ1n) is 6.29. The van der Waals surface area contributed by atoms with Crippen molar-refractivity contribution < 1.29 is 9.90 Å². The van der Waals surface area contributed by atoms with Gasteiger partial charge in [-0.3, -0.25) is 4.79 Å². The third-order valence-electron chi connectivity index (χ3n) is 3.16. The fourth-order valence-corrected chi connectivity index (χ4v) is 2.36. The van der Waals surface area contributed by atoms with Gasteiger partial charge in [0.25, 0.3) is 0 Å². The van der Waals surface area contributed by atoms with Crippen LogP contribution in [0.25, 0.3) is 0 Å². The van der Waals surface area contributed by atoms with Crippen LogP contribution in [-0.2, 0) is 11.2 Å². The molecule has 2 heteroatoms. The molecule has 0 atom stereocenters. The van der Waals surface area contributed by atoms with E-state index in [4.69, 9.17) is 5.11 Å². The molecule has 0 aliphatic rings. The Morgan fingerprint density at radius 3 is 2.18 bits per heavy atom. The van der Waals surface area contributed by atoms with Gasteiger partial charge in [-0.1, -0.05) is 24.1 Å². The van der Waals surface area contributed by atoms with Gasteiger partial charge in [0.05, 0.1) is 0 Å². The molecule has 2 nitrogen and oxygen atoms in total. The molecule has 0 fully saturated rings. The Morgan fingerprint density at radius 1 is 1.06 bits per heavy atom. The van der Waals surface area contributed by atoms with Crippen LogP contribution in [0.4, 0.5) is 0 Å². The maximum Gasteiger partial charge on any atom is 0.303 e. The van der Waals surface area contributed by atoms with Gasteiger partial charge in [-0.05, 0) is 56.7 Å². The number of rotatable bonds is 6. The van der Waals surface area contributed by atoms with E-state index in [1.807, 2.05) is 0 Å². The van der Waals surface area contributed by atoms with Gasteiger partial charge in [-0.15, -0.1) is 0 Å². The van der Waals surface area contributed by atoms with Gasteiger partial charge in [0, 0.05) is 6.42 Å². The van der Waals surface area contributed by atoms with E-state index in [1.165, 1.54) is 22.3 Å². The summed E-state index contributed by atoms with van der Waals surface area (Å²) in [6.07, 6.45) is 4.24. The molecule has 0 radical (unpaired) electrons. The molecule has 0 bridgehead atoms. The van der Waals surface area contributed by atoms with Crippen molar-refractivity contribution >= 4 is 5.97 Å². The maximum absolute atomic E-state index is 10.4. The van der Waals surface area contributed by atoms with Crippen LogP contribution in [0, 0.1) is 20.8 Å². The Labute approximate surface area is 104 Å². The van der Waals surface area contributed by atoms with Gasteiger partial charge in [0.1, 0.15) is 0 Å². The molecule has 94 valence electrons. The van der Waals surface area contributed by atoms with Crippen molar-refractivity contribution in [2.45, 2.75) is 52.9 Å². The van der Waals surface area contributed by atoms with Crippen molar-refractivity contribution in [2.24, 2.45) is 0 Å². The highest BCUT2D eigenvalue weighted by molar-refractivity contribution is 5.66. The molecule has 0 spiro atoms. The highest BCUT2D eigenvalue weighted by atomic mass is 16.4. The molecule has 0 heterocycles. The molecule has 0 aliphatic carbocycles. The van der Waals surface area contributed by atoms with Gasteiger partial charge in [-0.2, -0.15) is 0 Å². The lowest BCUT2D eigenvalue weighted by Crippen LogP contribution is -1.97. The summed E-state index contributed by atoms with van der Waals surface area (Å²) < 4.78 is 0. The Hall–Kier alpha value is -1.31. The summed E-state index contributed by atoms with van der Waals surface area (Å²) >= 11 is 0. The van der Waals surface area contributed by atoms with Crippen molar-refractivity contribution in [3.63, 3.8) is 0 Å². The lowest BCUT2D eigenvalue weighted by molar-refractivity contribution is -0.137. The Balaban J connectivity index is 2.44. The molecule has 0 unspecified atom stereocenters. The second-order valence-corrected chi connectivity index (χ2v) is 4.83. The first-order chi connectivity index (χ1) is 8.00. The van der Waals surface area contributed by atoms with Gasteiger partial charge < -0.3 is 5.11 Å². The molecular formula is C15H22O2. The molecule has 1 aromatic carbocycles. The minimum atomic E-state index is -0.687. The monoisotopic (exact) mass is 234 g/mol. The second-order valence-electron chi connectivity index (χ2n) is 4.83. The number of benzene rings is 1. The summed E-state index contributed by atoms with van der Waals surface area (Å²) in [6, 6.07) is 4.44. The normalized spacial score (nSPS) is 10.5. The van der Waals surface area contributed by atoms with Gasteiger partial charge >= 0.3 is 5.97 Å². The Bertz CT molecular complexity index is 371. The van der Waals surface area contributed by atoms with Crippen molar-refractivity contribution in [1.29, 1.82) is 0 Å². The van der Waals surface area contributed by atoms with E-state index >= 15 is 0 Å². The third-order valence-corrected chi connectivity index (χ3v) is 3.16. The number of unbranched alkanes of at least 4 members (excludes halogenated alkanes) is 2. The predicted molar refractivity (Wildman–Crippen MR) is 70.5 cm³/mol. The smallest absolute Gasteiger partial charge is 0.303 e. The van der Waals surface area contributed by atoms with Gasteiger partial charge in [0.2, 0.25) is 0 Å². The molecule has 0 saturated carbocycles. The van der Waals surface area contributed by atoms with Crippen molar-refractivity contribution in [3.8, 4) is 0 Å². The van der Waals surface area contributed by atoms with E-state index in [0.717, 1.165) is 25.7 Å². The van der Waals surface area contributed by atoms with Crippen LogP contribution in [0.1, 0.15) is 47.9 Å². The fraction of sp³-hybridized carbons (Fsp3) is 0.533. The zero-order valence-corrected chi connectivity index (χ0v) is 11.0. The quantitative estimate of drug-likeness (QED) is 0.760. The van der Waals surface area contributed by atoms with Gasteiger partial charge in [-0.25, -0.2) is 0 Å². The average molecular weight is 234 g/mol. The van der Waals surface area contributed by atoms with Crippen LogP contribution in [0.5, 0.6) is 0 Å². The predicted octanol–water partition coefficient (Wildman–Crippen LogP) is 3.80. The Morgan fingerprint density at radius 2 is 1.65 bits per heavy atom. The largest absolute Gasteiger partial charge is 0.481 e. The first-order valence-corrected chi connectivity index (χ1v) is 6.29. The van der Waals surface area contributed by atoms with E-state index in [-0.39, 0.29) is 0 Å². The SMILES string of the molecule is Cc1cc(C)c(CCCCCC(=O)O)c(C)c1. The molecule has 1 N–H and O–H groups in total. The number of carbonyl (C=O) groups is 1. The van der Waals surface area contributed by atoms with Crippen molar-refractivity contribution in [3.05, 3.63) is 34.4 Å². The number of carboxylic acids is 1. The van der Waals surface area contributed by atoms with E-state index < -0.39 is 5.97 Å². The van der Waals surface area contributed by atoms with Crippen LogP contribution in [-0.4, -0.2) is 11.1 Å². The summed E-state index contributed by atoms with van der Waals surface area (Å²) in [4.78, 5) is 10.4. The van der Waals surface area contributed by atoms with E-state index in [9.17, 15) is 4.79 Å². The van der Waals surface area contributed by atoms with Crippen LogP contribution in [0.15, 0.2) is 12.1 Å². The molecule has 1 rings (SSSR count). The van der Waals surface area contributed by atoms with E-state index in [2.05, 4.69) is 32.9 Å². The number of aryl methyl sites for hydroxylation is 3. The molecule has 1 aromatic rings. The third kappa shape index (κ3) is 4.59. The molecule has 0 saturated heterocycles. The minimum Gasteiger partial charge on any atom is -0.481 e. The summed E-state index contributed by atoms with van der Waals surface area (Å²) in [6.45, 7) is 6.44. The van der Waals surface area contributed by atoms with Crippen LogP contribution < -0.4 is 0 Å². The van der Waals surface area contributed by atoms with E-state index in [0.29, 0.717) is 6.42 Å². The Kier molecular flexibility index (Phi) is 5.20. The number of hydrogen-bond acceptors (Lipinski definition) is 1. The lowest BCUT2D eigenvalue weighted by atomic mass is 9.95. The van der Waals surface area contributed by atoms with Crippen LogP contribution in [0.3, 0.4) is 0 Å². The summed E-state index contributed by atoms with van der Waals surface area (Å²) in [7, 11) is 0. The number of carboxylic acid groups (broad SMARTS) is 1. The minimum absolute atomic E-state index is 0.297.